The normalized spacial score (nSPS) is 14.2. The van der Waals surface area contributed by atoms with Crippen LogP contribution in [-0.2, 0) is 13.6 Å². The molecule has 0 N–H and O–H groups in total. The van der Waals surface area contributed by atoms with Gasteiger partial charge in [0.2, 0.25) is 0 Å². The third-order valence-corrected chi connectivity index (χ3v) is 6.67. The van der Waals surface area contributed by atoms with Gasteiger partial charge < -0.3 is 4.90 Å². The number of nitrogens with zero attached hydrogens (tertiary/aromatic N) is 10. The zero-order chi connectivity index (χ0) is 25.4. The first-order valence-corrected chi connectivity index (χ1v) is 12.2. The smallest absolute Gasteiger partial charge is 0.128 e. The highest BCUT2D eigenvalue weighted by molar-refractivity contribution is 5.83. The summed E-state index contributed by atoms with van der Waals surface area (Å²) in [5.74, 6) is 0.936. The number of aryl methyl sites for hydroxylation is 2. The van der Waals surface area contributed by atoms with Crippen LogP contribution < -0.4 is 4.90 Å². The Morgan fingerprint density at radius 3 is 2.49 bits per heavy atom. The number of pyridine rings is 2. The van der Waals surface area contributed by atoms with Gasteiger partial charge in [-0.15, -0.1) is 0 Å². The van der Waals surface area contributed by atoms with Crippen LogP contribution in [0.2, 0.25) is 0 Å². The lowest BCUT2D eigenvalue weighted by molar-refractivity contribution is 0.246. The molecule has 0 atom stereocenters. The fourth-order valence-corrected chi connectivity index (χ4v) is 4.75. The molecule has 0 bridgehead atoms. The second-order valence-electron chi connectivity index (χ2n) is 9.28. The minimum absolute atomic E-state index is 0.475. The van der Waals surface area contributed by atoms with Crippen molar-refractivity contribution in [1.29, 1.82) is 5.26 Å². The Kier molecular flexibility index (Phi) is 5.82. The third kappa shape index (κ3) is 4.52. The summed E-state index contributed by atoms with van der Waals surface area (Å²) in [6.07, 6.45) is 8.90. The van der Waals surface area contributed by atoms with Gasteiger partial charge in [0.15, 0.2) is 0 Å². The number of fused-ring (bicyclic) bond motifs is 1. The highest BCUT2D eigenvalue weighted by Gasteiger charge is 2.20. The second-order valence-corrected chi connectivity index (χ2v) is 9.28. The van der Waals surface area contributed by atoms with E-state index >= 15 is 0 Å². The van der Waals surface area contributed by atoms with Crippen molar-refractivity contribution < 1.29 is 0 Å². The summed E-state index contributed by atoms with van der Waals surface area (Å²) in [7, 11) is 1.87. The zero-order valence-corrected chi connectivity index (χ0v) is 20.8. The lowest BCUT2D eigenvalue weighted by atomic mass is 10.1. The van der Waals surface area contributed by atoms with Gasteiger partial charge in [-0.25, -0.2) is 14.5 Å². The number of rotatable bonds is 5. The maximum absolute atomic E-state index is 9.65. The van der Waals surface area contributed by atoms with Crippen LogP contribution in [0.5, 0.6) is 0 Å². The average Bonchev–Trinajstić information content (AvgIpc) is 3.55. The Hall–Kier alpha value is -4.62. The highest BCUT2D eigenvalue weighted by Crippen LogP contribution is 2.29. The molecule has 6 heterocycles. The first-order valence-electron chi connectivity index (χ1n) is 12.2. The zero-order valence-electron chi connectivity index (χ0n) is 20.8. The second kappa shape index (κ2) is 9.44. The molecule has 0 aliphatic carbocycles. The number of anilines is 1. The van der Waals surface area contributed by atoms with E-state index in [2.05, 4.69) is 43.2 Å². The summed E-state index contributed by atoms with van der Waals surface area (Å²) in [4.78, 5) is 19.1. The summed E-state index contributed by atoms with van der Waals surface area (Å²) in [6.45, 7) is 6.60. The van der Waals surface area contributed by atoms with Crippen LogP contribution in [0.25, 0.3) is 28.0 Å². The SMILES string of the molecule is Cc1cccc(CN2CCN(c3ccc(-c4nc(-c5cnn(C)c5)cn5ncc(C#N)c45)cn3)CC2)n1. The van der Waals surface area contributed by atoms with Gasteiger partial charge in [-0.2, -0.15) is 15.5 Å². The number of hydrogen-bond donors (Lipinski definition) is 0. The van der Waals surface area contributed by atoms with E-state index in [4.69, 9.17) is 9.97 Å². The minimum Gasteiger partial charge on any atom is -0.354 e. The summed E-state index contributed by atoms with van der Waals surface area (Å²) in [6, 6.07) is 12.5. The molecule has 1 aliphatic heterocycles. The van der Waals surface area contributed by atoms with E-state index in [9.17, 15) is 5.26 Å². The van der Waals surface area contributed by atoms with E-state index in [1.807, 2.05) is 50.8 Å². The van der Waals surface area contributed by atoms with Crippen LogP contribution in [-0.4, -0.2) is 65.4 Å². The van der Waals surface area contributed by atoms with Gasteiger partial charge in [-0.3, -0.25) is 14.6 Å². The van der Waals surface area contributed by atoms with Gasteiger partial charge in [0.25, 0.3) is 0 Å². The molecule has 0 radical (unpaired) electrons. The maximum Gasteiger partial charge on any atom is 0.128 e. The van der Waals surface area contributed by atoms with Crippen LogP contribution in [0.1, 0.15) is 17.0 Å². The van der Waals surface area contributed by atoms with Crippen LogP contribution in [0.4, 0.5) is 5.82 Å². The topological polar surface area (TPSA) is 104 Å². The number of nitriles is 1. The summed E-state index contributed by atoms with van der Waals surface area (Å²) in [5.41, 5.74) is 6.42. The molecule has 5 aromatic heterocycles. The Balaban J connectivity index is 1.23. The first kappa shape index (κ1) is 22.8. The Morgan fingerprint density at radius 1 is 0.919 bits per heavy atom. The Bertz CT molecular complexity index is 1600. The van der Waals surface area contributed by atoms with Gasteiger partial charge >= 0.3 is 0 Å². The van der Waals surface area contributed by atoms with Crippen LogP contribution >= 0.6 is 0 Å². The highest BCUT2D eigenvalue weighted by atomic mass is 15.3. The molecular formula is C27H26N10. The van der Waals surface area contributed by atoms with E-state index in [1.165, 1.54) is 0 Å². The van der Waals surface area contributed by atoms with Crippen molar-refractivity contribution in [3.8, 4) is 28.6 Å². The van der Waals surface area contributed by atoms with Crippen LogP contribution in [0.15, 0.2) is 61.3 Å². The molecule has 0 aromatic carbocycles. The van der Waals surface area contributed by atoms with Crippen LogP contribution in [0, 0.1) is 18.3 Å². The van der Waals surface area contributed by atoms with E-state index < -0.39 is 0 Å². The minimum atomic E-state index is 0.475. The molecule has 1 saturated heterocycles. The molecule has 5 aromatic rings. The maximum atomic E-state index is 9.65. The Labute approximate surface area is 214 Å². The van der Waals surface area contributed by atoms with E-state index in [0.29, 0.717) is 16.8 Å². The van der Waals surface area contributed by atoms with Crippen LogP contribution in [0.3, 0.4) is 0 Å². The van der Waals surface area contributed by atoms with E-state index in [0.717, 1.165) is 66.8 Å². The summed E-state index contributed by atoms with van der Waals surface area (Å²) in [5, 5.41) is 18.3. The fourth-order valence-electron chi connectivity index (χ4n) is 4.75. The fraction of sp³-hybridized carbons (Fsp3) is 0.259. The molecule has 6 rings (SSSR count). The monoisotopic (exact) mass is 490 g/mol. The van der Waals surface area contributed by atoms with Crippen molar-refractivity contribution in [2.45, 2.75) is 13.5 Å². The lowest BCUT2D eigenvalue weighted by Gasteiger charge is -2.35. The lowest BCUT2D eigenvalue weighted by Crippen LogP contribution is -2.46. The molecule has 0 unspecified atom stereocenters. The number of piperazine rings is 1. The van der Waals surface area contributed by atoms with Crippen molar-refractivity contribution in [3.63, 3.8) is 0 Å². The quantitative estimate of drug-likeness (QED) is 0.370. The number of hydrogen-bond acceptors (Lipinski definition) is 8. The molecule has 10 heteroatoms. The van der Waals surface area contributed by atoms with E-state index in [-0.39, 0.29) is 0 Å². The standard InChI is InChI=1S/C27H26N10/c1-19-4-3-5-23(32-19)17-35-8-10-36(11-9-35)25-7-6-20(13-29-25)26-27-21(12-28)14-31-37(27)18-24(33-26)22-15-30-34(2)16-22/h3-7,13-16,18H,8-11,17H2,1-2H3. The van der Waals surface area contributed by atoms with Gasteiger partial charge in [0.1, 0.15) is 23.0 Å². The third-order valence-electron chi connectivity index (χ3n) is 6.67. The molecule has 0 amide bonds. The van der Waals surface area contributed by atoms with Crippen molar-refractivity contribution in [2.24, 2.45) is 7.05 Å². The van der Waals surface area contributed by atoms with Gasteiger partial charge in [0, 0.05) is 69.0 Å². The van der Waals surface area contributed by atoms with Crippen molar-refractivity contribution in [2.75, 3.05) is 31.1 Å². The molecule has 37 heavy (non-hydrogen) atoms. The molecular weight excluding hydrogens is 464 g/mol. The van der Waals surface area contributed by atoms with Gasteiger partial charge in [-0.05, 0) is 31.2 Å². The molecule has 0 spiro atoms. The molecule has 1 fully saturated rings. The first-order chi connectivity index (χ1) is 18.1. The predicted molar refractivity (Wildman–Crippen MR) is 140 cm³/mol. The molecule has 1 aliphatic rings. The van der Waals surface area contributed by atoms with Gasteiger partial charge in [-0.1, -0.05) is 6.07 Å². The molecule has 10 nitrogen and oxygen atoms in total. The average molecular weight is 491 g/mol. The molecule has 184 valence electrons. The van der Waals surface area contributed by atoms with E-state index in [1.54, 1.807) is 21.6 Å². The van der Waals surface area contributed by atoms with Crippen molar-refractivity contribution in [3.05, 3.63) is 78.3 Å². The summed E-state index contributed by atoms with van der Waals surface area (Å²) < 4.78 is 3.44. The molecule has 0 saturated carbocycles. The van der Waals surface area contributed by atoms with Gasteiger partial charge in [0.05, 0.1) is 35.7 Å². The summed E-state index contributed by atoms with van der Waals surface area (Å²) >= 11 is 0. The largest absolute Gasteiger partial charge is 0.354 e. The Morgan fingerprint density at radius 2 is 1.78 bits per heavy atom. The van der Waals surface area contributed by atoms with Crippen molar-refractivity contribution >= 4 is 11.3 Å². The number of aromatic nitrogens is 7. The predicted octanol–water partition coefficient (Wildman–Crippen LogP) is 3.09. The van der Waals surface area contributed by atoms with Crippen molar-refractivity contribution in [1.82, 2.24) is 39.2 Å².